The van der Waals surface area contributed by atoms with Gasteiger partial charge >= 0.3 is 0 Å². The molecule has 2 aromatic rings. The Bertz CT molecular complexity index is 657. The molecule has 2 aromatic heterocycles. The third-order valence-corrected chi connectivity index (χ3v) is 4.04. The molecule has 0 saturated heterocycles. The van der Waals surface area contributed by atoms with E-state index >= 15 is 0 Å². The van der Waals surface area contributed by atoms with Crippen LogP contribution in [0, 0.1) is 6.92 Å². The van der Waals surface area contributed by atoms with Gasteiger partial charge in [-0.25, -0.2) is 18.1 Å². The maximum Gasteiger partial charge on any atom is 0.244 e. The van der Waals surface area contributed by atoms with Crippen molar-refractivity contribution in [3.05, 3.63) is 30.2 Å². The van der Waals surface area contributed by atoms with Crippen LogP contribution >= 0.6 is 0 Å². The standard InChI is InChI=1S/C11H16N4O3S/c1-8(2)15-6-10(4-13-15)19(16,17)14-5-11-9(3)12-7-18-11/h4,6-8,14H,5H2,1-3H3. The predicted molar refractivity (Wildman–Crippen MR) is 67.9 cm³/mol. The second-order valence-electron chi connectivity index (χ2n) is 4.44. The van der Waals surface area contributed by atoms with Gasteiger partial charge in [0.1, 0.15) is 10.7 Å². The second-order valence-corrected chi connectivity index (χ2v) is 6.20. The molecule has 0 radical (unpaired) electrons. The highest BCUT2D eigenvalue weighted by atomic mass is 32.2. The summed E-state index contributed by atoms with van der Waals surface area (Å²) in [6.45, 7) is 5.67. The van der Waals surface area contributed by atoms with Crippen molar-refractivity contribution in [2.24, 2.45) is 0 Å². The van der Waals surface area contributed by atoms with Crippen LogP contribution in [-0.4, -0.2) is 23.2 Å². The lowest BCUT2D eigenvalue weighted by atomic mass is 10.4. The van der Waals surface area contributed by atoms with Crippen molar-refractivity contribution < 1.29 is 12.8 Å². The van der Waals surface area contributed by atoms with Gasteiger partial charge in [-0.2, -0.15) is 5.10 Å². The van der Waals surface area contributed by atoms with Crippen LogP contribution in [0.4, 0.5) is 0 Å². The quantitative estimate of drug-likeness (QED) is 0.892. The summed E-state index contributed by atoms with van der Waals surface area (Å²) in [5, 5.41) is 4.01. The molecule has 0 unspecified atom stereocenters. The van der Waals surface area contributed by atoms with Gasteiger partial charge in [-0.3, -0.25) is 4.68 Å². The van der Waals surface area contributed by atoms with E-state index in [0.29, 0.717) is 11.5 Å². The fourth-order valence-electron chi connectivity index (χ4n) is 1.48. The molecule has 19 heavy (non-hydrogen) atoms. The summed E-state index contributed by atoms with van der Waals surface area (Å²) in [6.07, 6.45) is 4.12. The first-order valence-corrected chi connectivity index (χ1v) is 7.31. The number of hydrogen-bond acceptors (Lipinski definition) is 5. The molecular weight excluding hydrogens is 268 g/mol. The number of rotatable bonds is 5. The van der Waals surface area contributed by atoms with E-state index < -0.39 is 10.0 Å². The van der Waals surface area contributed by atoms with Crippen LogP contribution in [0.1, 0.15) is 31.3 Å². The average molecular weight is 284 g/mol. The van der Waals surface area contributed by atoms with E-state index in [4.69, 9.17) is 4.42 Å². The van der Waals surface area contributed by atoms with Crippen molar-refractivity contribution in [1.29, 1.82) is 0 Å². The lowest BCUT2D eigenvalue weighted by molar-refractivity contribution is 0.492. The van der Waals surface area contributed by atoms with Crippen molar-refractivity contribution in [2.75, 3.05) is 0 Å². The number of aromatic nitrogens is 3. The monoisotopic (exact) mass is 284 g/mol. The molecule has 2 rings (SSSR count). The van der Waals surface area contributed by atoms with E-state index in [0.717, 1.165) is 0 Å². The fraction of sp³-hybridized carbons (Fsp3) is 0.455. The van der Waals surface area contributed by atoms with Gasteiger partial charge in [-0.1, -0.05) is 0 Å². The molecular formula is C11H16N4O3S. The topological polar surface area (TPSA) is 90.0 Å². The van der Waals surface area contributed by atoms with Gasteiger partial charge in [0.2, 0.25) is 10.0 Å². The molecule has 2 heterocycles. The summed E-state index contributed by atoms with van der Waals surface area (Å²) in [5.74, 6) is 0.500. The first-order chi connectivity index (χ1) is 8.90. The number of nitrogens with zero attached hydrogens (tertiary/aromatic N) is 3. The Morgan fingerprint density at radius 1 is 1.47 bits per heavy atom. The third-order valence-electron chi connectivity index (χ3n) is 2.68. The SMILES string of the molecule is Cc1ncoc1CNS(=O)(=O)c1cnn(C(C)C)c1. The molecule has 0 bridgehead atoms. The Morgan fingerprint density at radius 3 is 2.74 bits per heavy atom. The minimum atomic E-state index is -3.59. The maximum atomic E-state index is 12.0. The maximum absolute atomic E-state index is 12.0. The summed E-state index contributed by atoms with van der Waals surface area (Å²) < 4.78 is 33.2. The largest absolute Gasteiger partial charge is 0.447 e. The lowest BCUT2D eigenvalue weighted by Gasteiger charge is -2.04. The Morgan fingerprint density at radius 2 is 2.21 bits per heavy atom. The van der Waals surface area contributed by atoms with Gasteiger partial charge < -0.3 is 4.42 Å². The van der Waals surface area contributed by atoms with Gasteiger partial charge in [0.05, 0.1) is 18.4 Å². The van der Waals surface area contributed by atoms with Gasteiger partial charge in [-0.05, 0) is 20.8 Å². The van der Waals surface area contributed by atoms with E-state index in [2.05, 4.69) is 14.8 Å². The molecule has 8 heteroatoms. The fourth-order valence-corrected chi connectivity index (χ4v) is 2.40. The molecule has 0 aliphatic heterocycles. The number of oxazole rings is 1. The van der Waals surface area contributed by atoms with E-state index in [1.165, 1.54) is 18.8 Å². The average Bonchev–Trinajstić information content (AvgIpc) is 2.95. The first-order valence-electron chi connectivity index (χ1n) is 5.83. The lowest BCUT2D eigenvalue weighted by Crippen LogP contribution is -2.23. The summed E-state index contributed by atoms with van der Waals surface area (Å²) in [4.78, 5) is 4.04. The van der Waals surface area contributed by atoms with E-state index in [1.807, 2.05) is 13.8 Å². The Hall–Kier alpha value is -1.67. The zero-order valence-corrected chi connectivity index (χ0v) is 11.8. The molecule has 104 valence electrons. The molecule has 7 nitrogen and oxygen atoms in total. The summed E-state index contributed by atoms with van der Waals surface area (Å²) in [7, 11) is -3.59. The molecule has 0 amide bonds. The highest BCUT2D eigenvalue weighted by Crippen LogP contribution is 2.12. The van der Waals surface area contributed by atoms with Crippen LogP contribution in [0.15, 0.2) is 28.1 Å². The van der Waals surface area contributed by atoms with Crippen LogP contribution in [0.3, 0.4) is 0 Å². The Labute approximate surface area is 111 Å². The predicted octanol–water partition coefficient (Wildman–Crippen LogP) is 1.24. The summed E-state index contributed by atoms with van der Waals surface area (Å²) in [5.41, 5.74) is 0.667. The Balaban J connectivity index is 2.11. The van der Waals surface area contributed by atoms with Crippen LogP contribution in [0.25, 0.3) is 0 Å². The van der Waals surface area contributed by atoms with Crippen molar-refractivity contribution in [2.45, 2.75) is 38.3 Å². The minimum Gasteiger partial charge on any atom is -0.447 e. The summed E-state index contributed by atoms with van der Waals surface area (Å²) >= 11 is 0. The van der Waals surface area contributed by atoms with Crippen LogP contribution in [0.5, 0.6) is 0 Å². The third kappa shape index (κ3) is 3.02. The first kappa shape index (κ1) is 13.8. The molecule has 0 atom stereocenters. The molecule has 1 N–H and O–H groups in total. The molecule has 0 fully saturated rings. The molecule has 0 saturated carbocycles. The van der Waals surface area contributed by atoms with Gasteiger partial charge in [0, 0.05) is 12.2 Å². The molecule has 0 aliphatic rings. The van der Waals surface area contributed by atoms with E-state index in [9.17, 15) is 8.42 Å². The number of hydrogen-bond donors (Lipinski definition) is 1. The van der Waals surface area contributed by atoms with Gasteiger partial charge in [0.15, 0.2) is 6.39 Å². The Kier molecular flexibility index (Phi) is 3.72. The smallest absolute Gasteiger partial charge is 0.244 e. The minimum absolute atomic E-state index is 0.0705. The normalized spacial score (nSPS) is 12.2. The number of aryl methyl sites for hydroxylation is 1. The van der Waals surface area contributed by atoms with Gasteiger partial charge in [0.25, 0.3) is 0 Å². The van der Waals surface area contributed by atoms with Crippen molar-refractivity contribution in [3.8, 4) is 0 Å². The van der Waals surface area contributed by atoms with Crippen molar-refractivity contribution >= 4 is 10.0 Å². The van der Waals surface area contributed by atoms with Crippen LogP contribution in [-0.2, 0) is 16.6 Å². The zero-order chi connectivity index (χ0) is 14.0. The molecule has 0 aromatic carbocycles. The summed E-state index contributed by atoms with van der Waals surface area (Å²) in [6, 6.07) is 0.112. The van der Waals surface area contributed by atoms with Crippen molar-refractivity contribution in [1.82, 2.24) is 19.5 Å². The number of sulfonamides is 1. The number of nitrogens with one attached hydrogen (secondary N) is 1. The van der Waals surface area contributed by atoms with Crippen LogP contribution in [0.2, 0.25) is 0 Å². The van der Waals surface area contributed by atoms with Crippen LogP contribution < -0.4 is 4.72 Å². The van der Waals surface area contributed by atoms with E-state index in [1.54, 1.807) is 11.6 Å². The van der Waals surface area contributed by atoms with Gasteiger partial charge in [-0.15, -0.1) is 0 Å². The van der Waals surface area contributed by atoms with E-state index in [-0.39, 0.29) is 17.5 Å². The van der Waals surface area contributed by atoms with Crippen molar-refractivity contribution in [3.63, 3.8) is 0 Å². The second kappa shape index (κ2) is 5.14. The molecule has 0 spiro atoms. The zero-order valence-electron chi connectivity index (χ0n) is 11.0. The highest BCUT2D eigenvalue weighted by Gasteiger charge is 2.18. The highest BCUT2D eigenvalue weighted by molar-refractivity contribution is 7.89. The molecule has 0 aliphatic carbocycles.